The molecule has 0 aliphatic heterocycles. The third kappa shape index (κ3) is 50.9. The van der Waals surface area contributed by atoms with E-state index in [9.17, 15) is 4.79 Å². The molecule has 0 aromatic heterocycles. The maximum absolute atomic E-state index is 9.82. The van der Waals surface area contributed by atoms with Crippen LogP contribution in [0.1, 0.15) is 13.8 Å². The van der Waals surface area contributed by atoms with Gasteiger partial charge in [0.05, 0.1) is 6.61 Å². The van der Waals surface area contributed by atoms with Crippen LogP contribution >= 0.6 is 8.25 Å². The van der Waals surface area contributed by atoms with E-state index in [0.29, 0.717) is 6.61 Å². The van der Waals surface area contributed by atoms with E-state index in [0.717, 1.165) is 0 Å². The number of hydrogen-bond acceptors (Lipinski definition) is 3. The molecule has 0 saturated heterocycles. The molecule has 0 bridgehead atoms. The third-order valence-corrected chi connectivity index (χ3v) is 0.348. The lowest BCUT2D eigenvalue weighted by Crippen LogP contribution is -1.95. The minimum atomic E-state index is -2.87. The van der Waals surface area contributed by atoms with Gasteiger partial charge in [-0.15, -0.1) is 9.79 Å². The minimum absolute atomic E-state index is 0.211. The maximum atomic E-state index is 9.82. The van der Waals surface area contributed by atoms with Gasteiger partial charge in [-0.05, 0) is 6.92 Å². The lowest BCUT2D eigenvalue weighted by Gasteiger charge is -1.89. The van der Waals surface area contributed by atoms with E-state index in [1.165, 1.54) is 6.92 Å². The Morgan fingerprint density at radius 1 is 1.60 bits per heavy atom. The van der Waals surface area contributed by atoms with Gasteiger partial charge in [0, 0.05) is 11.5 Å². The Balaban J connectivity index is 0. The van der Waals surface area contributed by atoms with Crippen LogP contribution in [-0.2, 0) is 14.1 Å². The average molecular weight is 169 g/mol. The summed E-state index contributed by atoms with van der Waals surface area (Å²) < 4.78 is 13.1. The second-order valence-corrected chi connectivity index (χ2v) is 1.68. The van der Waals surface area contributed by atoms with Gasteiger partial charge >= 0.3 is 14.2 Å². The zero-order valence-electron chi connectivity index (χ0n) is 5.77. The lowest BCUT2D eigenvalue weighted by molar-refractivity contribution is -0.140. The van der Waals surface area contributed by atoms with Gasteiger partial charge < -0.3 is 4.74 Å². The lowest BCUT2D eigenvalue weighted by atomic mass is 10.8. The third-order valence-electron chi connectivity index (χ3n) is 0.348. The van der Waals surface area contributed by atoms with Gasteiger partial charge in [0.25, 0.3) is 0 Å². The summed E-state index contributed by atoms with van der Waals surface area (Å²) in [4.78, 5) is 24.1. The Kier molecular flexibility index (Phi) is 10.4. The molecule has 0 fully saturated rings. The molecule has 2 N–H and O–H groups in total. The summed E-state index contributed by atoms with van der Waals surface area (Å²) in [5.41, 5.74) is 0. The van der Waals surface area contributed by atoms with Crippen molar-refractivity contribution in [2.75, 3.05) is 6.61 Å². The van der Waals surface area contributed by atoms with Crippen LogP contribution in [0.2, 0.25) is 0 Å². The van der Waals surface area contributed by atoms with Crippen molar-refractivity contribution in [1.29, 1.82) is 0 Å². The van der Waals surface area contributed by atoms with Crippen molar-refractivity contribution in [3.8, 4) is 0 Å². The van der Waals surface area contributed by atoms with E-state index in [4.69, 9.17) is 14.4 Å². The molecule has 0 rings (SSSR count). The van der Waals surface area contributed by atoms with Crippen LogP contribution in [0.15, 0.2) is 0 Å². The van der Waals surface area contributed by atoms with Gasteiger partial charge in [0.15, 0.2) is 0 Å². The molecule has 0 aromatic carbocycles. The first-order valence-electron chi connectivity index (χ1n) is 2.49. The molecule has 10 heavy (non-hydrogen) atoms. The van der Waals surface area contributed by atoms with Gasteiger partial charge in [-0.3, -0.25) is 4.79 Å². The molecule has 0 amide bonds. The van der Waals surface area contributed by atoms with Crippen LogP contribution in [-0.4, -0.2) is 22.4 Å². The Hall–Kier alpha value is -0.510. The summed E-state index contributed by atoms with van der Waals surface area (Å²) in [6.45, 7) is 3.65. The number of hydrogen-bond donors (Lipinski definition) is 2. The predicted octanol–water partition coefficient (Wildman–Crippen LogP) is 0.198. The highest BCUT2D eigenvalue weighted by molar-refractivity contribution is 7.30. The summed E-state index contributed by atoms with van der Waals surface area (Å²) in [5, 5.41) is 0. The highest BCUT2D eigenvalue weighted by Crippen LogP contribution is 1.98. The molecule has 5 nitrogen and oxygen atoms in total. The molecule has 60 valence electrons. The first-order chi connectivity index (χ1) is 4.50. The van der Waals surface area contributed by atoms with Crippen LogP contribution in [0.4, 0.5) is 0 Å². The SMILES string of the molecule is CCOC(C)=O.O=[P+](O)O. The Morgan fingerprint density at radius 3 is 1.90 bits per heavy atom. The Bertz CT molecular complexity index is 108. The van der Waals surface area contributed by atoms with Crippen molar-refractivity contribution < 1.29 is 23.9 Å². The van der Waals surface area contributed by atoms with Gasteiger partial charge in [0.1, 0.15) is 0 Å². The monoisotopic (exact) mass is 169 g/mol. The van der Waals surface area contributed by atoms with Crippen LogP contribution in [0.3, 0.4) is 0 Å². The van der Waals surface area contributed by atoms with E-state index in [1.807, 2.05) is 0 Å². The molecule has 0 aromatic rings. The minimum Gasteiger partial charge on any atom is -0.466 e. The van der Waals surface area contributed by atoms with Crippen molar-refractivity contribution in [2.45, 2.75) is 13.8 Å². The first kappa shape index (κ1) is 12.2. The van der Waals surface area contributed by atoms with Crippen molar-refractivity contribution in [1.82, 2.24) is 0 Å². The normalized spacial score (nSPS) is 7.20. The van der Waals surface area contributed by atoms with Crippen LogP contribution in [0, 0.1) is 0 Å². The second kappa shape index (κ2) is 8.49. The fourth-order valence-electron chi connectivity index (χ4n) is 0.203. The van der Waals surface area contributed by atoms with E-state index in [2.05, 4.69) is 4.74 Å². The number of ether oxygens (including phenoxy) is 1. The topological polar surface area (TPSA) is 83.8 Å². The van der Waals surface area contributed by atoms with Crippen molar-refractivity contribution in [3.05, 3.63) is 0 Å². The molecule has 0 radical (unpaired) electrons. The van der Waals surface area contributed by atoms with Crippen LogP contribution in [0.25, 0.3) is 0 Å². The van der Waals surface area contributed by atoms with Crippen LogP contribution in [0.5, 0.6) is 0 Å². The summed E-state index contributed by atoms with van der Waals surface area (Å²) in [7, 11) is -2.87. The zero-order chi connectivity index (χ0) is 8.57. The number of carbonyl (C=O) groups excluding carboxylic acids is 1. The smallest absolute Gasteiger partial charge is 0.466 e. The molecule has 0 heterocycles. The van der Waals surface area contributed by atoms with Gasteiger partial charge in [-0.1, -0.05) is 0 Å². The van der Waals surface area contributed by atoms with Crippen molar-refractivity contribution in [2.24, 2.45) is 0 Å². The molecular weight excluding hydrogens is 159 g/mol. The van der Waals surface area contributed by atoms with Gasteiger partial charge in [-0.25, -0.2) is 0 Å². The van der Waals surface area contributed by atoms with Gasteiger partial charge in [-0.2, -0.15) is 0 Å². The summed E-state index contributed by atoms with van der Waals surface area (Å²) >= 11 is 0. The van der Waals surface area contributed by atoms with Crippen LogP contribution < -0.4 is 0 Å². The fourth-order valence-corrected chi connectivity index (χ4v) is 0.203. The molecule has 0 spiro atoms. The number of carbonyl (C=O) groups is 1. The molecule has 0 unspecified atom stereocenters. The number of esters is 1. The highest BCUT2D eigenvalue weighted by Gasteiger charge is 1.93. The molecule has 0 saturated carbocycles. The highest BCUT2D eigenvalue weighted by atomic mass is 31.1. The average Bonchev–Trinajstić information content (AvgIpc) is 1.62. The second-order valence-electron chi connectivity index (χ2n) is 1.18. The largest absolute Gasteiger partial charge is 0.692 e. The Morgan fingerprint density at radius 2 is 1.90 bits per heavy atom. The predicted molar refractivity (Wildman–Crippen MR) is 34.4 cm³/mol. The zero-order valence-corrected chi connectivity index (χ0v) is 6.67. The summed E-state index contributed by atoms with van der Waals surface area (Å²) in [5.74, 6) is -0.211. The Labute approximate surface area is 59.6 Å². The van der Waals surface area contributed by atoms with Gasteiger partial charge in [0.2, 0.25) is 0 Å². The first-order valence-corrected chi connectivity index (χ1v) is 3.65. The molecule has 0 aliphatic carbocycles. The molecular formula is C4H10O5P+. The molecule has 0 atom stereocenters. The van der Waals surface area contributed by atoms with E-state index < -0.39 is 8.25 Å². The van der Waals surface area contributed by atoms with E-state index in [1.54, 1.807) is 6.92 Å². The van der Waals surface area contributed by atoms with E-state index in [-0.39, 0.29) is 5.97 Å². The fraction of sp³-hybridized carbons (Fsp3) is 0.750. The molecule has 6 heteroatoms. The standard InChI is InChI=1S/C4H8O2.HO3P/c1-3-6-4(2)5;1-4(2)3/h3H2,1-2H3;(H-,1,2,3)/p+1. The van der Waals surface area contributed by atoms with Crippen molar-refractivity contribution >= 4 is 14.2 Å². The maximum Gasteiger partial charge on any atom is 0.692 e. The summed E-state index contributed by atoms with van der Waals surface area (Å²) in [6.07, 6.45) is 0. The number of rotatable bonds is 1. The van der Waals surface area contributed by atoms with E-state index >= 15 is 0 Å². The summed E-state index contributed by atoms with van der Waals surface area (Å²) in [6, 6.07) is 0. The van der Waals surface area contributed by atoms with Crippen molar-refractivity contribution in [3.63, 3.8) is 0 Å². The quantitative estimate of drug-likeness (QED) is 0.432. The molecule has 0 aliphatic rings.